The molecule has 5 nitrogen and oxygen atoms in total. The van der Waals surface area contributed by atoms with E-state index in [-0.39, 0.29) is 23.8 Å². The molecule has 0 radical (unpaired) electrons. The number of hydrogen-bond acceptors (Lipinski definition) is 4. The number of β-amino-alcohol motifs (C(OH)–C–C–N with tert-alkyl or cyclic N) is 1. The predicted octanol–water partition coefficient (Wildman–Crippen LogP) is 2.25. The van der Waals surface area contributed by atoms with Crippen LogP contribution in [-0.4, -0.2) is 65.8 Å². The summed E-state index contributed by atoms with van der Waals surface area (Å²) < 4.78 is 0. The van der Waals surface area contributed by atoms with Gasteiger partial charge in [0.15, 0.2) is 0 Å². The van der Waals surface area contributed by atoms with Crippen LogP contribution in [0.1, 0.15) is 36.0 Å². The molecular formula is C19H26N2O3S. The molecule has 136 valence electrons. The lowest BCUT2D eigenvalue weighted by molar-refractivity contribution is -0.139. The highest BCUT2D eigenvalue weighted by molar-refractivity contribution is 7.98. The van der Waals surface area contributed by atoms with Crippen molar-refractivity contribution in [1.29, 1.82) is 0 Å². The minimum atomic E-state index is -0.0177. The van der Waals surface area contributed by atoms with E-state index in [0.29, 0.717) is 26.1 Å². The molecule has 2 heterocycles. The average Bonchev–Trinajstić information content (AvgIpc) is 2.65. The van der Waals surface area contributed by atoms with Gasteiger partial charge >= 0.3 is 0 Å². The fraction of sp³-hybridized carbons (Fsp3) is 0.579. The molecule has 1 atom stereocenters. The van der Waals surface area contributed by atoms with Crippen LogP contribution in [0.3, 0.4) is 0 Å². The first-order valence-corrected chi connectivity index (χ1v) is 10.1. The van der Waals surface area contributed by atoms with Crippen LogP contribution in [0.5, 0.6) is 0 Å². The summed E-state index contributed by atoms with van der Waals surface area (Å²) >= 11 is 1.66. The Morgan fingerprint density at radius 1 is 1.24 bits per heavy atom. The van der Waals surface area contributed by atoms with Crippen LogP contribution in [0.25, 0.3) is 0 Å². The first-order chi connectivity index (χ1) is 12.1. The molecule has 0 saturated carbocycles. The van der Waals surface area contributed by atoms with E-state index < -0.39 is 0 Å². The Kier molecular flexibility index (Phi) is 5.69. The molecule has 2 saturated heterocycles. The summed E-state index contributed by atoms with van der Waals surface area (Å²) in [4.78, 5) is 29.8. The quantitative estimate of drug-likeness (QED) is 0.835. The third-order valence-corrected chi connectivity index (χ3v) is 6.15. The third kappa shape index (κ3) is 4.01. The minimum absolute atomic E-state index is 0.00768. The second kappa shape index (κ2) is 7.79. The van der Waals surface area contributed by atoms with Gasteiger partial charge in [-0.15, -0.1) is 11.8 Å². The molecule has 2 aliphatic rings. The summed E-state index contributed by atoms with van der Waals surface area (Å²) in [5.74, 6) is 0.202. The van der Waals surface area contributed by atoms with Crippen molar-refractivity contribution in [3.05, 3.63) is 29.8 Å². The smallest absolute Gasteiger partial charge is 0.253 e. The number of rotatable bonds is 4. The number of hydrogen-bond donors (Lipinski definition) is 1. The van der Waals surface area contributed by atoms with Crippen LogP contribution in [0.2, 0.25) is 0 Å². The number of carbonyl (C=O) groups excluding carboxylic acids is 2. The molecule has 2 amide bonds. The number of aliphatic hydroxyl groups is 1. The molecule has 0 unspecified atom stereocenters. The van der Waals surface area contributed by atoms with E-state index in [1.165, 1.54) is 0 Å². The lowest BCUT2D eigenvalue weighted by Gasteiger charge is -2.48. The van der Waals surface area contributed by atoms with Gasteiger partial charge in [-0.05, 0) is 49.8 Å². The Labute approximate surface area is 153 Å². The number of amides is 2. The van der Waals surface area contributed by atoms with E-state index in [4.69, 9.17) is 0 Å². The number of carbonyl (C=O) groups is 2. The maximum absolute atomic E-state index is 12.9. The number of benzene rings is 1. The van der Waals surface area contributed by atoms with Crippen molar-refractivity contribution in [2.75, 3.05) is 39.0 Å². The fourth-order valence-corrected chi connectivity index (χ4v) is 4.47. The molecule has 3 rings (SSSR count). The Morgan fingerprint density at radius 2 is 2.00 bits per heavy atom. The third-order valence-electron chi connectivity index (χ3n) is 5.40. The maximum atomic E-state index is 12.9. The number of likely N-dealkylation sites (tertiary alicyclic amines) is 2. The van der Waals surface area contributed by atoms with Gasteiger partial charge in [0.25, 0.3) is 5.91 Å². The summed E-state index contributed by atoms with van der Waals surface area (Å²) in [6.07, 6.45) is 5.38. The summed E-state index contributed by atoms with van der Waals surface area (Å²) in [7, 11) is 0. The van der Waals surface area contributed by atoms with Gasteiger partial charge in [0.1, 0.15) is 0 Å². The number of nitrogens with zero attached hydrogens (tertiary/aromatic N) is 2. The van der Waals surface area contributed by atoms with Gasteiger partial charge in [0.2, 0.25) is 5.91 Å². The van der Waals surface area contributed by atoms with Crippen molar-refractivity contribution in [3.63, 3.8) is 0 Å². The Morgan fingerprint density at radius 3 is 2.68 bits per heavy atom. The first kappa shape index (κ1) is 18.3. The van der Waals surface area contributed by atoms with Gasteiger partial charge in [-0.2, -0.15) is 0 Å². The zero-order chi connectivity index (χ0) is 17.9. The molecule has 0 aliphatic carbocycles. The highest BCUT2D eigenvalue weighted by atomic mass is 32.2. The zero-order valence-electron chi connectivity index (χ0n) is 14.7. The normalized spacial score (nSPS) is 24.0. The highest BCUT2D eigenvalue weighted by Gasteiger charge is 2.42. The molecule has 2 fully saturated rings. The van der Waals surface area contributed by atoms with Crippen molar-refractivity contribution in [3.8, 4) is 0 Å². The van der Waals surface area contributed by atoms with Crippen molar-refractivity contribution >= 4 is 23.6 Å². The monoisotopic (exact) mass is 362 g/mol. The molecule has 25 heavy (non-hydrogen) atoms. The zero-order valence-corrected chi connectivity index (χ0v) is 15.6. The molecule has 1 aromatic carbocycles. The van der Waals surface area contributed by atoms with Crippen LogP contribution < -0.4 is 0 Å². The molecule has 1 spiro atoms. The molecule has 1 N–H and O–H groups in total. The summed E-state index contributed by atoms with van der Waals surface area (Å²) in [6, 6.07) is 7.77. The van der Waals surface area contributed by atoms with E-state index in [9.17, 15) is 14.7 Å². The molecule has 6 heteroatoms. The van der Waals surface area contributed by atoms with Gasteiger partial charge in [0.05, 0.1) is 6.61 Å². The molecule has 0 aromatic heterocycles. The van der Waals surface area contributed by atoms with Crippen molar-refractivity contribution < 1.29 is 14.7 Å². The van der Waals surface area contributed by atoms with E-state index in [1.54, 1.807) is 16.7 Å². The van der Waals surface area contributed by atoms with Gasteiger partial charge < -0.3 is 14.9 Å². The number of thioether (sulfide) groups is 1. The molecule has 2 aliphatic heterocycles. The summed E-state index contributed by atoms with van der Waals surface area (Å²) in [5.41, 5.74) is 0.713. The average molecular weight is 362 g/mol. The van der Waals surface area contributed by atoms with E-state index in [2.05, 4.69) is 0 Å². The lowest BCUT2D eigenvalue weighted by Crippen LogP contribution is -2.55. The number of aliphatic hydroxyl groups excluding tert-OH is 1. The maximum Gasteiger partial charge on any atom is 0.253 e. The second-order valence-electron chi connectivity index (χ2n) is 7.10. The van der Waals surface area contributed by atoms with Gasteiger partial charge in [-0.1, -0.05) is 0 Å². The van der Waals surface area contributed by atoms with Crippen LogP contribution in [0.15, 0.2) is 29.2 Å². The van der Waals surface area contributed by atoms with Crippen LogP contribution in [0.4, 0.5) is 0 Å². The number of piperidine rings is 2. The Hall–Kier alpha value is -1.53. The lowest BCUT2D eigenvalue weighted by atomic mass is 9.73. The SMILES string of the molecule is CSc1ccc(C(=O)N2CCC[C@]3(CCC(=O)N(CCO)C3)C2)cc1. The minimum Gasteiger partial charge on any atom is -0.395 e. The fourth-order valence-electron chi connectivity index (χ4n) is 4.06. The standard InChI is InChI=1S/C19H26N2O3S/c1-25-16-5-3-15(4-6-16)18(24)21-10-2-8-19(14-21)9-7-17(23)20(13-19)11-12-22/h3-6,22H,2,7-14H2,1H3/t19-/m1/s1. The topological polar surface area (TPSA) is 60.9 Å². The van der Waals surface area contributed by atoms with Gasteiger partial charge in [-0.3, -0.25) is 9.59 Å². The van der Waals surface area contributed by atoms with E-state index >= 15 is 0 Å². The molecular weight excluding hydrogens is 336 g/mol. The van der Waals surface area contributed by atoms with E-state index in [1.807, 2.05) is 35.4 Å². The van der Waals surface area contributed by atoms with Crippen LogP contribution in [-0.2, 0) is 4.79 Å². The van der Waals surface area contributed by atoms with Gasteiger partial charge in [0, 0.05) is 48.5 Å². The van der Waals surface area contributed by atoms with Crippen molar-refractivity contribution in [1.82, 2.24) is 9.80 Å². The Balaban J connectivity index is 1.71. The summed E-state index contributed by atoms with van der Waals surface area (Å²) in [6.45, 7) is 2.52. The molecule has 1 aromatic rings. The van der Waals surface area contributed by atoms with Crippen molar-refractivity contribution in [2.24, 2.45) is 5.41 Å². The predicted molar refractivity (Wildman–Crippen MR) is 98.7 cm³/mol. The largest absolute Gasteiger partial charge is 0.395 e. The molecule has 0 bridgehead atoms. The van der Waals surface area contributed by atoms with Crippen molar-refractivity contribution in [2.45, 2.75) is 30.6 Å². The van der Waals surface area contributed by atoms with Crippen LogP contribution in [0, 0.1) is 5.41 Å². The summed E-state index contributed by atoms with van der Waals surface area (Å²) in [5, 5.41) is 9.19. The van der Waals surface area contributed by atoms with E-state index in [0.717, 1.165) is 36.3 Å². The second-order valence-corrected chi connectivity index (χ2v) is 7.98. The Bertz CT molecular complexity index is 634. The van der Waals surface area contributed by atoms with Crippen LogP contribution >= 0.6 is 11.8 Å². The van der Waals surface area contributed by atoms with Gasteiger partial charge in [-0.25, -0.2) is 0 Å². The highest BCUT2D eigenvalue weighted by Crippen LogP contribution is 2.39. The first-order valence-electron chi connectivity index (χ1n) is 8.89.